The molecule has 5 nitrogen and oxygen atoms in total. The molecule has 3 N–H and O–H groups in total. The van der Waals surface area contributed by atoms with Gasteiger partial charge in [0.25, 0.3) is 0 Å². The fourth-order valence-electron chi connectivity index (χ4n) is 1.48. The summed E-state index contributed by atoms with van der Waals surface area (Å²) in [5, 5.41) is 12.9. The maximum atomic E-state index is 13.5. The zero-order valence-electron chi connectivity index (χ0n) is 10.6. The molecule has 1 aromatic rings. The van der Waals surface area contributed by atoms with Gasteiger partial charge in [0.2, 0.25) is 0 Å². The van der Waals surface area contributed by atoms with Crippen molar-refractivity contribution in [2.45, 2.75) is 19.0 Å². The minimum Gasteiger partial charge on any atom is -0.478 e. The average Bonchev–Trinajstić information content (AvgIpc) is 2.35. The number of benzene rings is 1. The van der Waals surface area contributed by atoms with E-state index in [2.05, 4.69) is 5.32 Å². The minimum atomic E-state index is -4.32. The summed E-state index contributed by atoms with van der Waals surface area (Å²) in [5.41, 5.74) is -1.00. The van der Waals surface area contributed by atoms with Crippen molar-refractivity contribution in [3.05, 3.63) is 29.6 Å². The number of anilines is 1. The highest BCUT2D eigenvalue weighted by atomic mass is 19.4. The standard InChI is InChI=1S/C12H12F4N2O3/c13-8-4-1-3-7(10(19)20)9(8)18-11(21)17-6-2-5-12(14,15)16/h1,3-4H,2,5-6H2,(H,19,20)(H2,17,18,21). The van der Waals surface area contributed by atoms with E-state index in [1.807, 2.05) is 5.32 Å². The highest BCUT2D eigenvalue weighted by molar-refractivity contribution is 6.00. The highest BCUT2D eigenvalue weighted by Crippen LogP contribution is 2.21. The summed E-state index contributed by atoms with van der Waals surface area (Å²) in [6, 6.07) is 2.21. The van der Waals surface area contributed by atoms with Crippen LogP contribution in [0.4, 0.5) is 28.0 Å². The molecule has 0 atom stereocenters. The third-order valence-electron chi connectivity index (χ3n) is 2.41. The second-order valence-electron chi connectivity index (χ2n) is 4.07. The number of halogens is 4. The number of carboxylic acids is 1. The van der Waals surface area contributed by atoms with E-state index in [0.29, 0.717) is 0 Å². The van der Waals surface area contributed by atoms with Crippen molar-refractivity contribution in [2.75, 3.05) is 11.9 Å². The van der Waals surface area contributed by atoms with Crippen LogP contribution in [-0.4, -0.2) is 29.8 Å². The summed E-state index contributed by atoms with van der Waals surface area (Å²) in [4.78, 5) is 22.3. The number of nitrogens with one attached hydrogen (secondary N) is 2. The monoisotopic (exact) mass is 308 g/mol. The number of hydrogen-bond donors (Lipinski definition) is 3. The molecule has 0 fully saturated rings. The summed E-state index contributed by atoms with van der Waals surface area (Å²) < 4.78 is 49.1. The van der Waals surface area contributed by atoms with Gasteiger partial charge in [-0.25, -0.2) is 14.0 Å². The summed E-state index contributed by atoms with van der Waals surface area (Å²) in [6.45, 7) is -0.276. The molecule has 0 aliphatic heterocycles. The third kappa shape index (κ3) is 5.67. The molecular formula is C12H12F4N2O3. The molecule has 0 spiro atoms. The maximum Gasteiger partial charge on any atom is 0.389 e. The lowest BCUT2D eigenvalue weighted by atomic mass is 10.1. The minimum absolute atomic E-state index is 0.276. The van der Waals surface area contributed by atoms with Crippen LogP contribution >= 0.6 is 0 Å². The van der Waals surface area contributed by atoms with Crippen LogP contribution in [0.15, 0.2) is 18.2 Å². The summed E-state index contributed by atoms with van der Waals surface area (Å²) in [7, 11) is 0. The topological polar surface area (TPSA) is 78.4 Å². The zero-order valence-corrected chi connectivity index (χ0v) is 10.6. The van der Waals surface area contributed by atoms with Crippen molar-refractivity contribution < 1.29 is 32.3 Å². The molecule has 2 amide bonds. The number of carboxylic acid groups (broad SMARTS) is 1. The number of hydrogen-bond acceptors (Lipinski definition) is 2. The van der Waals surface area contributed by atoms with Crippen LogP contribution in [0.25, 0.3) is 0 Å². The van der Waals surface area contributed by atoms with Crippen LogP contribution in [0.1, 0.15) is 23.2 Å². The Hall–Kier alpha value is -2.32. The number of carbonyl (C=O) groups excluding carboxylic acids is 1. The molecule has 0 saturated carbocycles. The third-order valence-corrected chi connectivity index (χ3v) is 2.41. The van der Waals surface area contributed by atoms with Gasteiger partial charge in [0, 0.05) is 13.0 Å². The molecule has 1 rings (SSSR count). The van der Waals surface area contributed by atoms with Crippen LogP contribution in [0, 0.1) is 5.82 Å². The zero-order chi connectivity index (χ0) is 16.0. The molecule has 9 heteroatoms. The molecule has 116 valence electrons. The van der Waals surface area contributed by atoms with Crippen LogP contribution in [0.3, 0.4) is 0 Å². The van der Waals surface area contributed by atoms with Gasteiger partial charge in [0.05, 0.1) is 11.3 Å². The van der Waals surface area contributed by atoms with E-state index in [-0.39, 0.29) is 13.0 Å². The fourth-order valence-corrected chi connectivity index (χ4v) is 1.48. The maximum absolute atomic E-state index is 13.5. The predicted molar refractivity (Wildman–Crippen MR) is 65.7 cm³/mol. The van der Waals surface area contributed by atoms with Crippen molar-refractivity contribution >= 4 is 17.7 Å². The quantitative estimate of drug-likeness (QED) is 0.578. The van der Waals surface area contributed by atoms with Gasteiger partial charge in [0.1, 0.15) is 5.82 Å². The van der Waals surface area contributed by atoms with Crippen LogP contribution in [0.5, 0.6) is 0 Å². The SMILES string of the molecule is O=C(NCCCC(F)(F)F)Nc1c(F)cccc1C(=O)O. The fraction of sp³-hybridized carbons (Fsp3) is 0.333. The Morgan fingerprint density at radius 3 is 2.48 bits per heavy atom. The summed E-state index contributed by atoms with van der Waals surface area (Å²) >= 11 is 0. The number of carbonyl (C=O) groups is 2. The van der Waals surface area contributed by atoms with E-state index >= 15 is 0 Å². The van der Waals surface area contributed by atoms with Gasteiger partial charge < -0.3 is 15.7 Å². The molecule has 0 bridgehead atoms. The second-order valence-corrected chi connectivity index (χ2v) is 4.07. The number of rotatable bonds is 5. The predicted octanol–water partition coefficient (Wildman–Crippen LogP) is 2.99. The van der Waals surface area contributed by atoms with E-state index in [1.165, 1.54) is 0 Å². The van der Waals surface area contributed by atoms with Gasteiger partial charge in [-0.15, -0.1) is 0 Å². The first-order chi connectivity index (χ1) is 9.70. The second kappa shape index (κ2) is 6.91. The molecule has 0 saturated heterocycles. The molecular weight excluding hydrogens is 296 g/mol. The van der Waals surface area contributed by atoms with Gasteiger partial charge >= 0.3 is 18.2 Å². The van der Waals surface area contributed by atoms with Gasteiger partial charge in [-0.1, -0.05) is 6.07 Å². The highest BCUT2D eigenvalue weighted by Gasteiger charge is 2.26. The number of alkyl halides is 3. The Bertz CT molecular complexity index is 532. The summed E-state index contributed by atoms with van der Waals surface area (Å²) in [6.07, 6.45) is -5.71. The lowest BCUT2D eigenvalue weighted by Gasteiger charge is -2.11. The Morgan fingerprint density at radius 2 is 1.90 bits per heavy atom. The molecule has 0 aromatic heterocycles. The van der Waals surface area contributed by atoms with Gasteiger partial charge in [-0.05, 0) is 18.6 Å². The van der Waals surface area contributed by atoms with Gasteiger partial charge in [-0.3, -0.25) is 0 Å². The van der Waals surface area contributed by atoms with Crippen molar-refractivity contribution in [1.29, 1.82) is 0 Å². The normalized spacial score (nSPS) is 11.0. The smallest absolute Gasteiger partial charge is 0.389 e. The van der Waals surface area contributed by atoms with E-state index in [9.17, 15) is 27.2 Å². The lowest BCUT2D eigenvalue weighted by Crippen LogP contribution is -2.31. The number of amides is 2. The Morgan fingerprint density at radius 1 is 1.24 bits per heavy atom. The first-order valence-corrected chi connectivity index (χ1v) is 5.84. The molecule has 0 aliphatic carbocycles. The van der Waals surface area contributed by atoms with Crippen LogP contribution in [0.2, 0.25) is 0 Å². The van der Waals surface area contributed by atoms with E-state index in [4.69, 9.17) is 5.11 Å². The molecule has 21 heavy (non-hydrogen) atoms. The Labute approximate surface area is 117 Å². The largest absolute Gasteiger partial charge is 0.478 e. The number of aromatic carboxylic acids is 1. The van der Waals surface area contributed by atoms with Crippen molar-refractivity contribution in [3.8, 4) is 0 Å². The molecule has 0 unspecified atom stereocenters. The van der Waals surface area contributed by atoms with E-state index in [1.54, 1.807) is 0 Å². The van der Waals surface area contributed by atoms with Crippen molar-refractivity contribution in [2.24, 2.45) is 0 Å². The van der Waals surface area contributed by atoms with E-state index < -0.39 is 41.7 Å². The molecule has 0 aliphatic rings. The van der Waals surface area contributed by atoms with Crippen molar-refractivity contribution in [3.63, 3.8) is 0 Å². The van der Waals surface area contributed by atoms with Crippen LogP contribution in [-0.2, 0) is 0 Å². The van der Waals surface area contributed by atoms with Crippen molar-refractivity contribution in [1.82, 2.24) is 5.32 Å². The van der Waals surface area contributed by atoms with Crippen LogP contribution < -0.4 is 10.6 Å². The molecule has 1 aromatic carbocycles. The van der Waals surface area contributed by atoms with Gasteiger partial charge in [-0.2, -0.15) is 13.2 Å². The van der Waals surface area contributed by atoms with Gasteiger partial charge in [0.15, 0.2) is 0 Å². The first-order valence-electron chi connectivity index (χ1n) is 5.84. The summed E-state index contributed by atoms with van der Waals surface area (Å²) in [5.74, 6) is -2.40. The first kappa shape index (κ1) is 16.7. The Balaban J connectivity index is 2.58. The molecule has 0 radical (unpaired) electrons. The lowest BCUT2D eigenvalue weighted by molar-refractivity contribution is -0.135. The average molecular weight is 308 g/mol. The number of urea groups is 1. The molecule has 0 heterocycles. The number of para-hydroxylation sites is 1. The van der Waals surface area contributed by atoms with E-state index in [0.717, 1.165) is 18.2 Å². The Kier molecular flexibility index (Phi) is 5.51.